The molecule has 4 rings (SSSR count). The van der Waals surface area contributed by atoms with Crippen LogP contribution in [-0.4, -0.2) is 72.6 Å². The summed E-state index contributed by atoms with van der Waals surface area (Å²) < 4.78 is 18.1. The van der Waals surface area contributed by atoms with Crippen molar-refractivity contribution in [3.05, 3.63) is 81.9 Å². The maximum atomic E-state index is 13.7. The molecule has 0 radical (unpaired) electrons. The minimum Gasteiger partial charge on any atom is -0.459 e. The molecular weight excluding hydrogens is 682 g/mol. The van der Waals surface area contributed by atoms with Crippen molar-refractivity contribution in [2.75, 3.05) is 19.6 Å². The number of amides is 2. The monoisotopic (exact) mass is 737 g/mol. The molecule has 2 aromatic carbocycles. The number of aryl methyl sites for hydroxylation is 1. The second kappa shape index (κ2) is 18.3. The summed E-state index contributed by atoms with van der Waals surface area (Å²) in [6, 6.07) is 13.0. The number of carbonyl (C=O) groups excluding carboxylic acids is 4. The predicted octanol–water partition coefficient (Wildman–Crippen LogP) is 6.27. The third kappa shape index (κ3) is 11.4. The first-order valence-electron chi connectivity index (χ1n) is 18.5. The van der Waals surface area contributed by atoms with Crippen LogP contribution in [0.1, 0.15) is 89.7 Å². The van der Waals surface area contributed by atoms with E-state index in [9.17, 15) is 19.2 Å². The van der Waals surface area contributed by atoms with E-state index in [1.165, 1.54) is 11.6 Å². The topological polar surface area (TPSA) is 127 Å². The Morgan fingerprint density at radius 3 is 2.27 bits per heavy atom. The SMILES string of the molecule is CCN(CC)Cc1ccc(C2OC2C(C)C2C/C=C/C(=O)NC(Cc3ccc(C)c(Cl)c3)C(=O)NCC(C)(C)C(=O)OC(CC(C)C)C(=O)O2)cc1. The molecule has 2 aliphatic heterocycles. The van der Waals surface area contributed by atoms with Crippen LogP contribution in [0, 0.1) is 24.2 Å². The summed E-state index contributed by atoms with van der Waals surface area (Å²) in [4.78, 5) is 56.3. The summed E-state index contributed by atoms with van der Waals surface area (Å²) in [6.45, 7) is 18.0. The van der Waals surface area contributed by atoms with E-state index in [2.05, 4.69) is 53.6 Å². The molecule has 1 fully saturated rings. The number of epoxide rings is 1. The zero-order chi connectivity index (χ0) is 38.2. The first-order valence-corrected chi connectivity index (χ1v) is 18.9. The highest BCUT2D eigenvalue weighted by molar-refractivity contribution is 6.31. The molecule has 1 saturated heterocycles. The van der Waals surface area contributed by atoms with Gasteiger partial charge in [-0.25, -0.2) is 4.79 Å². The molecule has 2 aliphatic rings. The van der Waals surface area contributed by atoms with Crippen molar-refractivity contribution in [2.24, 2.45) is 17.3 Å². The normalized spacial score (nSPS) is 25.6. The standard InChI is InChI=1S/C41H56ClN3O7/c1-9-45(10-2)23-28-16-18-30(19-17-28)37-36(52-37)27(6)33-12-11-13-35(46)44-32(22-29-15-14-26(5)31(42)21-29)38(47)43-24-41(7,8)40(49)51-34(20-25(3)4)39(48)50-33/h11,13-19,21,25,27,32-34,36-37H,9-10,12,20,22-24H2,1-8H3,(H,43,47)(H,44,46)/b13-11+. The highest BCUT2D eigenvalue weighted by atomic mass is 35.5. The van der Waals surface area contributed by atoms with Gasteiger partial charge in [-0.3, -0.25) is 19.3 Å². The van der Waals surface area contributed by atoms with Gasteiger partial charge in [0.25, 0.3) is 0 Å². The van der Waals surface area contributed by atoms with Gasteiger partial charge in [-0.1, -0.05) is 88.7 Å². The average molecular weight is 738 g/mol. The largest absolute Gasteiger partial charge is 0.459 e. The number of hydrogen-bond acceptors (Lipinski definition) is 8. The molecule has 284 valence electrons. The Kier molecular flexibility index (Phi) is 14.5. The molecule has 2 heterocycles. The lowest BCUT2D eigenvalue weighted by atomic mass is 9.92. The molecular formula is C41H56ClN3O7. The van der Waals surface area contributed by atoms with Gasteiger partial charge in [-0.2, -0.15) is 0 Å². The molecule has 0 aliphatic carbocycles. The number of benzene rings is 2. The van der Waals surface area contributed by atoms with Crippen LogP contribution >= 0.6 is 11.6 Å². The average Bonchev–Trinajstić information content (AvgIpc) is 3.90. The molecule has 0 saturated carbocycles. The van der Waals surface area contributed by atoms with Crippen molar-refractivity contribution in [2.45, 2.75) is 112 Å². The fourth-order valence-electron chi connectivity index (χ4n) is 6.27. The Hall–Kier alpha value is -3.73. The first-order chi connectivity index (χ1) is 24.6. The third-order valence-electron chi connectivity index (χ3n) is 9.91. The zero-order valence-electron chi connectivity index (χ0n) is 31.9. The summed E-state index contributed by atoms with van der Waals surface area (Å²) in [6.07, 6.45) is 1.42. The lowest BCUT2D eigenvalue weighted by Gasteiger charge is -2.29. The van der Waals surface area contributed by atoms with Crippen LogP contribution in [0.2, 0.25) is 5.02 Å². The zero-order valence-corrected chi connectivity index (χ0v) is 32.6. The molecule has 0 spiro atoms. The van der Waals surface area contributed by atoms with Crippen molar-refractivity contribution in [3.63, 3.8) is 0 Å². The number of nitrogens with one attached hydrogen (secondary N) is 2. The van der Waals surface area contributed by atoms with E-state index in [1.54, 1.807) is 26.0 Å². The molecule has 52 heavy (non-hydrogen) atoms. The minimum atomic E-state index is -1.19. The number of ether oxygens (including phenoxy) is 3. The third-order valence-corrected chi connectivity index (χ3v) is 10.3. The highest BCUT2D eigenvalue weighted by Crippen LogP contribution is 2.45. The number of nitrogens with zero attached hydrogens (tertiary/aromatic N) is 1. The van der Waals surface area contributed by atoms with Crippen LogP contribution < -0.4 is 10.6 Å². The van der Waals surface area contributed by atoms with Crippen LogP contribution in [0.4, 0.5) is 0 Å². The van der Waals surface area contributed by atoms with Crippen molar-refractivity contribution in [1.29, 1.82) is 0 Å². The lowest BCUT2D eigenvalue weighted by Crippen LogP contribution is -2.51. The van der Waals surface area contributed by atoms with E-state index >= 15 is 0 Å². The van der Waals surface area contributed by atoms with Gasteiger partial charge in [0.05, 0.1) is 11.5 Å². The van der Waals surface area contributed by atoms with Crippen molar-refractivity contribution < 1.29 is 33.4 Å². The Bertz CT molecular complexity index is 1590. The summed E-state index contributed by atoms with van der Waals surface area (Å²) in [5.74, 6) is -2.48. The minimum absolute atomic E-state index is 0.0233. The van der Waals surface area contributed by atoms with Gasteiger partial charge in [-0.15, -0.1) is 0 Å². The van der Waals surface area contributed by atoms with Gasteiger partial charge in [0.15, 0.2) is 6.10 Å². The lowest BCUT2D eigenvalue weighted by molar-refractivity contribution is -0.179. The molecule has 2 amide bonds. The maximum Gasteiger partial charge on any atom is 0.347 e. The fourth-order valence-corrected chi connectivity index (χ4v) is 6.47. The molecule has 10 nitrogen and oxygen atoms in total. The predicted molar refractivity (Wildman–Crippen MR) is 201 cm³/mol. The fraction of sp³-hybridized carbons (Fsp3) is 0.561. The number of rotatable bonds is 11. The molecule has 11 heteroatoms. The summed E-state index contributed by atoms with van der Waals surface area (Å²) >= 11 is 6.36. The first kappa shape index (κ1) is 41.0. The second-order valence-electron chi connectivity index (χ2n) is 15.2. The summed E-state index contributed by atoms with van der Waals surface area (Å²) in [7, 11) is 0. The molecule has 2 N–H and O–H groups in total. The smallest absolute Gasteiger partial charge is 0.347 e. The van der Waals surface area contributed by atoms with Crippen LogP contribution in [0.15, 0.2) is 54.6 Å². The van der Waals surface area contributed by atoms with Crippen LogP contribution in [0.5, 0.6) is 0 Å². The van der Waals surface area contributed by atoms with Gasteiger partial charge >= 0.3 is 11.9 Å². The molecule has 0 aromatic heterocycles. The van der Waals surface area contributed by atoms with Gasteiger partial charge < -0.3 is 24.8 Å². The van der Waals surface area contributed by atoms with Crippen LogP contribution in [0.25, 0.3) is 0 Å². The highest BCUT2D eigenvalue weighted by Gasteiger charge is 2.48. The van der Waals surface area contributed by atoms with E-state index in [0.717, 1.165) is 36.3 Å². The maximum absolute atomic E-state index is 13.7. The summed E-state index contributed by atoms with van der Waals surface area (Å²) in [5, 5.41) is 6.16. The summed E-state index contributed by atoms with van der Waals surface area (Å²) in [5.41, 5.74) is 2.74. The Labute approximate surface area is 314 Å². The van der Waals surface area contributed by atoms with E-state index in [-0.39, 0.29) is 49.9 Å². The number of hydrogen-bond donors (Lipinski definition) is 2. The molecule has 2 aromatic rings. The van der Waals surface area contributed by atoms with Crippen molar-refractivity contribution >= 4 is 35.4 Å². The van der Waals surface area contributed by atoms with E-state index in [1.807, 2.05) is 39.8 Å². The second-order valence-corrected chi connectivity index (χ2v) is 15.6. The molecule has 6 unspecified atom stereocenters. The van der Waals surface area contributed by atoms with E-state index < -0.39 is 47.4 Å². The number of halogens is 1. The van der Waals surface area contributed by atoms with Crippen LogP contribution in [0.3, 0.4) is 0 Å². The Balaban J connectivity index is 1.58. The van der Waals surface area contributed by atoms with Crippen molar-refractivity contribution in [1.82, 2.24) is 15.5 Å². The molecule has 0 bridgehead atoms. The van der Waals surface area contributed by atoms with E-state index in [4.69, 9.17) is 25.8 Å². The quantitative estimate of drug-likeness (QED) is 0.204. The van der Waals surface area contributed by atoms with Gasteiger partial charge in [-0.05, 0) is 80.6 Å². The molecule has 6 atom stereocenters. The number of esters is 2. The van der Waals surface area contributed by atoms with Crippen LogP contribution in [-0.2, 0) is 46.4 Å². The van der Waals surface area contributed by atoms with Crippen molar-refractivity contribution in [3.8, 4) is 0 Å². The number of carbonyl (C=O) groups is 4. The van der Waals surface area contributed by atoms with Gasteiger partial charge in [0, 0.05) is 36.9 Å². The Morgan fingerprint density at radius 2 is 1.63 bits per heavy atom. The van der Waals surface area contributed by atoms with Gasteiger partial charge in [0.1, 0.15) is 18.2 Å². The Morgan fingerprint density at radius 1 is 0.962 bits per heavy atom. The van der Waals surface area contributed by atoms with Gasteiger partial charge in [0.2, 0.25) is 11.8 Å². The van der Waals surface area contributed by atoms with E-state index in [0.29, 0.717) is 5.02 Å². The number of cyclic esters (lactones) is 2.